The first kappa shape index (κ1) is 19.3. The molecule has 0 aromatic heterocycles. The Labute approximate surface area is 161 Å². The van der Waals surface area contributed by atoms with Crippen LogP contribution in [0.5, 0.6) is 0 Å². The van der Waals surface area contributed by atoms with E-state index in [4.69, 9.17) is 16.3 Å². The molecule has 0 unspecified atom stereocenters. The molecule has 1 aliphatic heterocycles. The summed E-state index contributed by atoms with van der Waals surface area (Å²) in [6.07, 6.45) is 1.34. The van der Waals surface area contributed by atoms with E-state index in [0.29, 0.717) is 36.8 Å². The molecule has 0 radical (unpaired) electrons. The predicted octanol–water partition coefficient (Wildman–Crippen LogP) is 3.28. The lowest BCUT2D eigenvalue weighted by molar-refractivity contribution is -0.136. The van der Waals surface area contributed by atoms with E-state index in [0.717, 1.165) is 5.56 Å². The molecule has 5 nitrogen and oxygen atoms in total. The number of carbonyl (C=O) groups excluding carboxylic acids is 2. The number of rotatable bonds is 4. The van der Waals surface area contributed by atoms with Crippen molar-refractivity contribution < 1.29 is 18.7 Å². The molecule has 0 saturated carbocycles. The smallest absolute Gasteiger partial charge is 0.313 e. The maximum absolute atomic E-state index is 13.3. The first-order valence-corrected chi connectivity index (χ1v) is 9.05. The molecule has 142 valence electrons. The molecule has 2 aromatic rings. The lowest BCUT2D eigenvalue weighted by atomic mass is 9.74. The first-order chi connectivity index (χ1) is 13.0. The van der Waals surface area contributed by atoms with Crippen LogP contribution in [0.3, 0.4) is 0 Å². The standard InChI is InChI=1S/C20H20ClFN2O3/c21-16-3-1-2-4-17(16)24-19(26)18(25)23-13-20(9-11-27-12-10-20)14-5-7-15(22)8-6-14/h1-8H,9-13H2,(H,23,25)(H,24,26). The maximum atomic E-state index is 13.3. The average Bonchev–Trinajstić information content (AvgIpc) is 2.69. The van der Waals surface area contributed by atoms with E-state index < -0.39 is 17.2 Å². The summed E-state index contributed by atoms with van der Waals surface area (Å²) in [6.45, 7) is 1.34. The normalized spacial score (nSPS) is 15.8. The van der Waals surface area contributed by atoms with Crippen LogP contribution in [0.25, 0.3) is 0 Å². The van der Waals surface area contributed by atoms with E-state index in [-0.39, 0.29) is 12.4 Å². The minimum atomic E-state index is -0.788. The van der Waals surface area contributed by atoms with Crippen molar-refractivity contribution in [1.29, 1.82) is 0 Å². The van der Waals surface area contributed by atoms with Gasteiger partial charge in [0.2, 0.25) is 0 Å². The van der Waals surface area contributed by atoms with Crippen molar-refractivity contribution in [2.75, 3.05) is 25.1 Å². The largest absolute Gasteiger partial charge is 0.381 e. The summed E-state index contributed by atoms with van der Waals surface area (Å²) < 4.78 is 18.7. The number of halogens is 2. The number of amides is 2. The second-order valence-electron chi connectivity index (χ2n) is 6.52. The maximum Gasteiger partial charge on any atom is 0.313 e. The van der Waals surface area contributed by atoms with E-state index in [2.05, 4.69) is 10.6 Å². The monoisotopic (exact) mass is 390 g/mol. The van der Waals surface area contributed by atoms with Crippen LogP contribution in [-0.2, 0) is 19.7 Å². The van der Waals surface area contributed by atoms with Gasteiger partial charge < -0.3 is 15.4 Å². The lowest BCUT2D eigenvalue weighted by Gasteiger charge is -2.37. The van der Waals surface area contributed by atoms with Crippen molar-refractivity contribution in [3.8, 4) is 0 Å². The molecule has 2 aromatic carbocycles. The van der Waals surface area contributed by atoms with Gasteiger partial charge in [-0.25, -0.2) is 4.39 Å². The van der Waals surface area contributed by atoms with Gasteiger partial charge >= 0.3 is 11.8 Å². The summed E-state index contributed by atoms with van der Waals surface area (Å²) >= 11 is 6.00. The van der Waals surface area contributed by atoms with Crippen LogP contribution in [-0.4, -0.2) is 31.6 Å². The van der Waals surface area contributed by atoms with Gasteiger partial charge in [0.15, 0.2) is 0 Å². The van der Waals surface area contributed by atoms with E-state index in [1.807, 2.05) is 0 Å². The number of para-hydroxylation sites is 1. The van der Waals surface area contributed by atoms with Gasteiger partial charge in [-0.3, -0.25) is 9.59 Å². The van der Waals surface area contributed by atoms with Crippen LogP contribution in [0.2, 0.25) is 5.02 Å². The van der Waals surface area contributed by atoms with Gasteiger partial charge in [-0.1, -0.05) is 35.9 Å². The Morgan fingerprint density at radius 3 is 2.37 bits per heavy atom. The first-order valence-electron chi connectivity index (χ1n) is 8.68. The second kappa shape index (κ2) is 8.50. The third-order valence-electron chi connectivity index (χ3n) is 4.82. The Bertz CT molecular complexity index is 820. The van der Waals surface area contributed by atoms with Gasteiger partial charge in [0.05, 0.1) is 10.7 Å². The number of benzene rings is 2. The van der Waals surface area contributed by atoms with Crippen LogP contribution in [0, 0.1) is 5.82 Å². The minimum Gasteiger partial charge on any atom is -0.381 e. The highest BCUT2D eigenvalue weighted by atomic mass is 35.5. The van der Waals surface area contributed by atoms with E-state index in [1.165, 1.54) is 12.1 Å². The van der Waals surface area contributed by atoms with Gasteiger partial charge in [-0.2, -0.15) is 0 Å². The van der Waals surface area contributed by atoms with Crippen molar-refractivity contribution in [3.63, 3.8) is 0 Å². The van der Waals surface area contributed by atoms with Crippen molar-refractivity contribution >= 4 is 29.1 Å². The molecular weight excluding hydrogens is 371 g/mol. The topological polar surface area (TPSA) is 67.4 Å². The van der Waals surface area contributed by atoms with Crippen molar-refractivity contribution in [1.82, 2.24) is 5.32 Å². The predicted molar refractivity (Wildman–Crippen MR) is 101 cm³/mol. The lowest BCUT2D eigenvalue weighted by Crippen LogP contribution is -2.47. The van der Waals surface area contributed by atoms with Crippen molar-refractivity contribution in [3.05, 3.63) is 64.9 Å². The Morgan fingerprint density at radius 1 is 1.04 bits per heavy atom. The third kappa shape index (κ3) is 4.64. The van der Waals surface area contributed by atoms with Gasteiger partial charge in [0.25, 0.3) is 0 Å². The van der Waals surface area contributed by atoms with E-state index in [9.17, 15) is 14.0 Å². The van der Waals surface area contributed by atoms with Gasteiger partial charge in [0.1, 0.15) is 5.82 Å². The molecule has 7 heteroatoms. The molecule has 0 spiro atoms. The number of nitrogens with one attached hydrogen (secondary N) is 2. The molecule has 0 aliphatic carbocycles. The highest BCUT2D eigenvalue weighted by Crippen LogP contribution is 2.34. The van der Waals surface area contributed by atoms with Crippen LogP contribution < -0.4 is 10.6 Å². The fourth-order valence-electron chi connectivity index (χ4n) is 3.20. The summed E-state index contributed by atoms with van der Waals surface area (Å²) in [5.41, 5.74) is 0.893. The minimum absolute atomic E-state index is 0.261. The molecule has 27 heavy (non-hydrogen) atoms. The van der Waals surface area contributed by atoms with Crippen LogP contribution >= 0.6 is 11.6 Å². The van der Waals surface area contributed by atoms with Gasteiger partial charge in [0, 0.05) is 25.2 Å². The van der Waals surface area contributed by atoms with Crippen LogP contribution in [0.4, 0.5) is 10.1 Å². The number of anilines is 1. The number of carbonyl (C=O) groups is 2. The Balaban J connectivity index is 1.68. The summed E-state index contributed by atoms with van der Waals surface area (Å²) in [5, 5.41) is 5.56. The number of hydrogen-bond acceptors (Lipinski definition) is 3. The molecule has 0 bridgehead atoms. The van der Waals surface area contributed by atoms with Crippen molar-refractivity contribution in [2.45, 2.75) is 18.3 Å². The molecule has 1 heterocycles. The zero-order valence-electron chi connectivity index (χ0n) is 14.6. The Morgan fingerprint density at radius 2 is 1.70 bits per heavy atom. The highest BCUT2D eigenvalue weighted by molar-refractivity contribution is 6.41. The number of ether oxygens (including phenoxy) is 1. The van der Waals surface area contributed by atoms with E-state index >= 15 is 0 Å². The van der Waals surface area contributed by atoms with Crippen LogP contribution in [0.15, 0.2) is 48.5 Å². The highest BCUT2D eigenvalue weighted by Gasteiger charge is 2.35. The van der Waals surface area contributed by atoms with Gasteiger partial charge in [-0.05, 0) is 42.7 Å². The molecule has 1 aliphatic rings. The Kier molecular flexibility index (Phi) is 6.08. The zero-order chi connectivity index (χ0) is 19.3. The molecule has 3 rings (SSSR count). The summed E-state index contributed by atoms with van der Waals surface area (Å²) in [4.78, 5) is 24.4. The summed E-state index contributed by atoms with van der Waals surface area (Å²) in [5.74, 6) is -1.85. The van der Waals surface area contributed by atoms with E-state index in [1.54, 1.807) is 36.4 Å². The fourth-order valence-corrected chi connectivity index (χ4v) is 3.39. The summed E-state index contributed by atoms with van der Waals surface area (Å²) in [6, 6.07) is 12.9. The molecular formula is C20H20ClFN2O3. The van der Waals surface area contributed by atoms with Crippen LogP contribution in [0.1, 0.15) is 18.4 Å². The number of hydrogen-bond donors (Lipinski definition) is 2. The second-order valence-corrected chi connectivity index (χ2v) is 6.92. The zero-order valence-corrected chi connectivity index (χ0v) is 15.4. The van der Waals surface area contributed by atoms with Crippen molar-refractivity contribution in [2.24, 2.45) is 0 Å². The molecule has 0 atom stereocenters. The molecule has 1 fully saturated rings. The fraction of sp³-hybridized carbons (Fsp3) is 0.300. The quantitative estimate of drug-likeness (QED) is 0.787. The third-order valence-corrected chi connectivity index (χ3v) is 5.15. The molecule has 2 N–H and O–H groups in total. The molecule has 1 saturated heterocycles. The average molecular weight is 391 g/mol. The molecule has 2 amide bonds. The Hall–Kier alpha value is -2.44. The summed E-state index contributed by atoms with van der Waals surface area (Å²) in [7, 11) is 0. The SMILES string of the molecule is O=C(NCC1(c2ccc(F)cc2)CCOCC1)C(=O)Nc1ccccc1Cl. The van der Waals surface area contributed by atoms with Gasteiger partial charge in [-0.15, -0.1) is 0 Å².